The zero-order valence-corrected chi connectivity index (χ0v) is 21.1. The number of carbonyl (C=O) groups is 1. The van der Waals surface area contributed by atoms with Crippen LogP contribution in [0.25, 0.3) is 22.0 Å². The Labute approximate surface area is 217 Å². The van der Waals surface area contributed by atoms with Gasteiger partial charge in [-0.2, -0.15) is 5.10 Å². The van der Waals surface area contributed by atoms with Crippen LogP contribution in [0.4, 0.5) is 8.78 Å². The summed E-state index contributed by atoms with van der Waals surface area (Å²) in [6, 6.07) is 8.01. The fraction of sp³-hybridized carbons (Fsp3) is 0.208. The van der Waals surface area contributed by atoms with E-state index in [-0.39, 0.29) is 48.6 Å². The number of carbonyl (C=O) groups excluding carboxylic acids is 1. The van der Waals surface area contributed by atoms with Crippen molar-refractivity contribution in [1.29, 1.82) is 0 Å². The molecular weight excluding hydrogens is 453 g/mol. The molecule has 0 bridgehead atoms. The monoisotopic (exact) mass is 475 g/mol. The van der Waals surface area contributed by atoms with Crippen LogP contribution in [0.15, 0.2) is 48.8 Å². The van der Waals surface area contributed by atoms with Gasteiger partial charge in [-0.15, -0.1) is 0 Å². The Kier molecular flexibility index (Phi) is 8.37. The maximum absolute atomic E-state index is 13.7. The van der Waals surface area contributed by atoms with Gasteiger partial charge < -0.3 is 14.7 Å². The van der Waals surface area contributed by atoms with E-state index in [9.17, 15) is 18.7 Å². The second-order valence-corrected chi connectivity index (χ2v) is 7.51. The van der Waals surface area contributed by atoms with Gasteiger partial charge in [-0.3, -0.25) is 14.9 Å². The van der Waals surface area contributed by atoms with E-state index in [1.807, 2.05) is 0 Å². The number of pyridine rings is 1. The van der Waals surface area contributed by atoms with Crippen LogP contribution in [0.3, 0.4) is 0 Å². The average molecular weight is 475 g/mol. The number of ether oxygens (including phenoxy) is 1. The molecule has 171 valence electrons. The molecule has 0 atom stereocenters. The Morgan fingerprint density at radius 3 is 2.56 bits per heavy atom. The fourth-order valence-corrected chi connectivity index (χ4v) is 3.71. The first-order valence-corrected chi connectivity index (χ1v) is 10.3. The minimum Gasteiger partial charge on any atom is -0.493 e. The zero-order chi connectivity index (χ0) is 23.5. The summed E-state index contributed by atoms with van der Waals surface area (Å²) in [5.74, 6) is -1.31. The van der Waals surface area contributed by atoms with Gasteiger partial charge in [-0.25, -0.2) is 8.78 Å². The van der Waals surface area contributed by atoms with Crippen LogP contribution in [0.2, 0.25) is 0 Å². The molecule has 1 radical (unpaired) electrons. The molecule has 0 saturated carbocycles. The molecule has 0 aliphatic carbocycles. The maximum atomic E-state index is 13.7. The number of aliphatic hydroxyl groups excluding tert-OH is 1. The zero-order valence-electron chi connectivity index (χ0n) is 19.1. The Hall–Kier alpha value is -2.85. The van der Waals surface area contributed by atoms with Crippen molar-refractivity contribution < 1.29 is 23.4 Å². The number of hydrogen-bond acceptors (Lipinski definition) is 5. The third kappa shape index (κ3) is 5.28. The number of nitrogens with one attached hydrogen (secondary N) is 1. The number of rotatable bonds is 7. The van der Waals surface area contributed by atoms with E-state index >= 15 is 0 Å². The molecule has 2 aromatic carbocycles. The van der Waals surface area contributed by atoms with Crippen LogP contribution in [0.5, 0.6) is 5.75 Å². The topological polar surface area (TPSA) is 91.3 Å². The van der Waals surface area contributed by atoms with Crippen LogP contribution in [0.1, 0.15) is 28.5 Å². The molecule has 2 N–H and O–H groups in total. The Morgan fingerprint density at radius 2 is 1.88 bits per heavy atom. The minimum atomic E-state index is -0.696. The maximum Gasteiger partial charge on any atom is 0.254 e. The van der Waals surface area contributed by atoms with E-state index in [1.54, 1.807) is 44.6 Å². The van der Waals surface area contributed by atoms with Gasteiger partial charge in [0.2, 0.25) is 0 Å². The number of aromatic nitrogens is 3. The molecule has 0 fully saturated rings. The molecule has 7 nitrogen and oxygen atoms in total. The van der Waals surface area contributed by atoms with Gasteiger partial charge in [0.25, 0.3) is 5.91 Å². The number of fused-ring (bicyclic) bond motifs is 1. The van der Waals surface area contributed by atoms with E-state index in [0.29, 0.717) is 45.6 Å². The first kappa shape index (κ1) is 25.8. The minimum absolute atomic E-state index is 0. The van der Waals surface area contributed by atoms with Crippen LogP contribution in [-0.4, -0.2) is 74.3 Å². The number of hydrogen-bond donors (Lipinski definition) is 2. The summed E-state index contributed by atoms with van der Waals surface area (Å²) in [7, 11) is 1.65. The smallest absolute Gasteiger partial charge is 0.254 e. The SMILES string of the molecule is CCOc1cc(C(=O)N(C)Cc2cnc(CO)c3cn[nH]c23)ccc1-c1cc(F)cc(F)c1.[Na]. The molecule has 0 unspecified atom stereocenters. The molecule has 2 aromatic heterocycles. The van der Waals surface area contributed by atoms with Crippen LogP contribution < -0.4 is 4.74 Å². The van der Waals surface area contributed by atoms with Crippen LogP contribution >= 0.6 is 0 Å². The quantitative estimate of drug-likeness (QED) is 0.398. The van der Waals surface area contributed by atoms with Crippen molar-refractivity contribution in [2.75, 3.05) is 13.7 Å². The normalized spacial score (nSPS) is 10.7. The summed E-state index contributed by atoms with van der Waals surface area (Å²) in [6.07, 6.45) is 3.19. The van der Waals surface area contributed by atoms with E-state index < -0.39 is 11.6 Å². The van der Waals surface area contributed by atoms with Crippen molar-refractivity contribution in [3.05, 3.63) is 77.2 Å². The fourth-order valence-electron chi connectivity index (χ4n) is 3.71. The Balaban J connectivity index is 0.00000324. The first-order chi connectivity index (χ1) is 15.9. The van der Waals surface area contributed by atoms with Crippen molar-refractivity contribution in [2.45, 2.75) is 20.1 Å². The Morgan fingerprint density at radius 1 is 1.15 bits per heavy atom. The number of benzene rings is 2. The molecule has 4 aromatic rings. The number of amides is 1. The summed E-state index contributed by atoms with van der Waals surface area (Å²) < 4.78 is 33.1. The van der Waals surface area contributed by atoms with E-state index in [0.717, 1.165) is 11.6 Å². The molecule has 10 heteroatoms. The number of aromatic amines is 1. The van der Waals surface area contributed by atoms with Crippen molar-refractivity contribution in [1.82, 2.24) is 20.1 Å². The molecule has 0 spiro atoms. The van der Waals surface area contributed by atoms with Crippen LogP contribution in [-0.2, 0) is 13.2 Å². The van der Waals surface area contributed by atoms with Gasteiger partial charge in [0.15, 0.2) is 0 Å². The summed E-state index contributed by atoms with van der Waals surface area (Å²) >= 11 is 0. The van der Waals surface area contributed by atoms with Gasteiger partial charge in [0.1, 0.15) is 17.4 Å². The summed E-state index contributed by atoms with van der Waals surface area (Å²) in [6.45, 7) is 2.14. The van der Waals surface area contributed by atoms with Gasteiger partial charge in [0.05, 0.1) is 30.6 Å². The summed E-state index contributed by atoms with van der Waals surface area (Å²) in [5, 5.41) is 17.0. The molecule has 0 aliphatic heterocycles. The second kappa shape index (κ2) is 11.1. The first-order valence-electron chi connectivity index (χ1n) is 10.3. The molecule has 34 heavy (non-hydrogen) atoms. The predicted molar refractivity (Wildman–Crippen MR) is 124 cm³/mol. The van der Waals surface area contributed by atoms with Crippen molar-refractivity contribution in [3.8, 4) is 16.9 Å². The van der Waals surface area contributed by atoms with Crippen molar-refractivity contribution in [2.24, 2.45) is 0 Å². The molecule has 1 amide bonds. The standard InChI is InChI=1S/C24H22F2N4O3.Na/c1-3-33-22-8-14(4-5-19(22)15-6-17(25)9-18(26)7-15)24(32)30(2)12-16-10-27-21(13-31)20-11-28-29-23(16)20;/h4-11,31H,3,12-13H2,1-2H3,(H,28,29);. The van der Waals surface area contributed by atoms with E-state index in [1.165, 1.54) is 17.0 Å². The average Bonchev–Trinajstić information content (AvgIpc) is 3.29. The Bertz CT molecular complexity index is 1310. The third-order valence-corrected chi connectivity index (χ3v) is 5.25. The van der Waals surface area contributed by atoms with E-state index in [4.69, 9.17) is 4.74 Å². The molecule has 0 aliphatic rings. The largest absolute Gasteiger partial charge is 0.493 e. The number of nitrogens with zero attached hydrogens (tertiary/aromatic N) is 3. The molecular formula is C24H22F2N4NaO3. The summed E-state index contributed by atoms with van der Waals surface area (Å²) in [4.78, 5) is 18.9. The van der Waals surface area contributed by atoms with Crippen molar-refractivity contribution in [3.63, 3.8) is 0 Å². The molecule has 2 heterocycles. The van der Waals surface area contributed by atoms with Gasteiger partial charge in [0, 0.05) is 77.5 Å². The number of H-pyrrole nitrogens is 1. The predicted octanol–water partition coefficient (Wildman–Crippen LogP) is 3.69. The van der Waals surface area contributed by atoms with Gasteiger partial charge in [-0.05, 0) is 42.8 Å². The molecule has 4 rings (SSSR count). The summed E-state index contributed by atoms with van der Waals surface area (Å²) in [5.41, 5.74) is 3.11. The van der Waals surface area contributed by atoms with Gasteiger partial charge in [-0.1, -0.05) is 0 Å². The van der Waals surface area contributed by atoms with E-state index in [2.05, 4.69) is 15.2 Å². The second-order valence-electron chi connectivity index (χ2n) is 7.51. The molecule has 0 saturated heterocycles. The van der Waals surface area contributed by atoms with Crippen LogP contribution in [0, 0.1) is 11.6 Å². The van der Waals surface area contributed by atoms with Crippen molar-refractivity contribution >= 4 is 46.4 Å². The third-order valence-electron chi connectivity index (χ3n) is 5.25. The number of halogens is 2. The van der Waals surface area contributed by atoms with Gasteiger partial charge >= 0.3 is 0 Å². The number of aliphatic hydroxyl groups is 1.